The molecular formula is C13H12F3NO3. The van der Waals surface area contributed by atoms with E-state index < -0.39 is 18.1 Å². The summed E-state index contributed by atoms with van der Waals surface area (Å²) in [4.78, 5) is 11.7. The smallest absolute Gasteiger partial charge is 0.462 e. The van der Waals surface area contributed by atoms with Gasteiger partial charge >= 0.3 is 12.3 Å². The second kappa shape index (κ2) is 6.28. The van der Waals surface area contributed by atoms with Gasteiger partial charge in [0, 0.05) is 5.56 Å². The molecule has 20 heavy (non-hydrogen) atoms. The Morgan fingerprint density at radius 2 is 2.00 bits per heavy atom. The Balaban J connectivity index is 3.41. The fourth-order valence-electron chi connectivity index (χ4n) is 1.70. The van der Waals surface area contributed by atoms with E-state index in [0.29, 0.717) is 0 Å². The van der Waals surface area contributed by atoms with Gasteiger partial charge in [-0.3, -0.25) is 0 Å². The summed E-state index contributed by atoms with van der Waals surface area (Å²) in [5.74, 6) is -1.39. The summed E-state index contributed by atoms with van der Waals surface area (Å²) in [6.45, 7) is 3.24. The van der Waals surface area contributed by atoms with Crippen molar-refractivity contribution in [2.45, 2.75) is 26.6 Å². The molecule has 1 rings (SSSR count). The zero-order chi connectivity index (χ0) is 15.3. The van der Waals surface area contributed by atoms with Gasteiger partial charge in [-0.1, -0.05) is 6.92 Å². The lowest BCUT2D eigenvalue weighted by Crippen LogP contribution is -2.20. The van der Waals surface area contributed by atoms with E-state index >= 15 is 0 Å². The third kappa shape index (κ3) is 3.63. The minimum absolute atomic E-state index is 0.000162. The number of carbonyl (C=O) groups is 1. The van der Waals surface area contributed by atoms with Crippen LogP contribution >= 0.6 is 0 Å². The summed E-state index contributed by atoms with van der Waals surface area (Å²) in [5, 5.41) is 8.85. The lowest BCUT2D eigenvalue weighted by molar-refractivity contribution is -0.275. The van der Waals surface area contributed by atoms with Crippen molar-refractivity contribution < 1.29 is 27.4 Å². The first-order chi connectivity index (χ1) is 9.34. The van der Waals surface area contributed by atoms with Gasteiger partial charge in [-0.15, -0.1) is 13.2 Å². The van der Waals surface area contributed by atoms with Gasteiger partial charge < -0.3 is 9.47 Å². The SMILES string of the molecule is CCOC(=O)c1ccc(C#N)c(OC(F)(F)F)c1CC. The molecule has 0 unspecified atom stereocenters. The van der Waals surface area contributed by atoms with Crippen LogP contribution in [0.3, 0.4) is 0 Å². The maximum atomic E-state index is 12.4. The number of nitriles is 1. The molecule has 108 valence electrons. The molecule has 0 saturated carbocycles. The maximum absolute atomic E-state index is 12.4. The molecule has 1 aromatic carbocycles. The molecule has 0 aliphatic heterocycles. The van der Waals surface area contributed by atoms with Crippen LogP contribution in [0.25, 0.3) is 0 Å². The van der Waals surface area contributed by atoms with Crippen molar-refractivity contribution >= 4 is 5.97 Å². The van der Waals surface area contributed by atoms with Crippen LogP contribution in [0.1, 0.15) is 35.3 Å². The molecule has 1 aromatic rings. The average Bonchev–Trinajstić information content (AvgIpc) is 2.36. The molecule has 0 atom stereocenters. The molecule has 0 aliphatic carbocycles. The normalized spacial score (nSPS) is 10.8. The molecule has 0 N–H and O–H groups in total. The molecule has 0 amide bonds. The van der Waals surface area contributed by atoms with Gasteiger partial charge in [-0.05, 0) is 25.5 Å². The van der Waals surface area contributed by atoms with Crippen LogP contribution in [0.2, 0.25) is 0 Å². The van der Waals surface area contributed by atoms with E-state index in [1.54, 1.807) is 19.9 Å². The number of ether oxygens (including phenoxy) is 2. The van der Waals surface area contributed by atoms with Crippen molar-refractivity contribution in [3.63, 3.8) is 0 Å². The van der Waals surface area contributed by atoms with Gasteiger partial charge in [0.1, 0.15) is 6.07 Å². The zero-order valence-electron chi connectivity index (χ0n) is 10.9. The van der Waals surface area contributed by atoms with Crippen LogP contribution < -0.4 is 4.74 Å². The molecule has 0 radical (unpaired) electrons. The van der Waals surface area contributed by atoms with Gasteiger partial charge in [0.05, 0.1) is 17.7 Å². The minimum Gasteiger partial charge on any atom is -0.462 e. The maximum Gasteiger partial charge on any atom is 0.573 e. The lowest BCUT2D eigenvalue weighted by Gasteiger charge is -2.16. The number of esters is 1. The molecular weight excluding hydrogens is 275 g/mol. The first-order valence-electron chi connectivity index (χ1n) is 5.82. The number of hydrogen-bond donors (Lipinski definition) is 0. The van der Waals surface area contributed by atoms with Crippen molar-refractivity contribution in [3.8, 4) is 11.8 Å². The highest BCUT2D eigenvalue weighted by Gasteiger charge is 2.34. The average molecular weight is 287 g/mol. The van der Waals surface area contributed by atoms with Crippen LogP contribution in [0.4, 0.5) is 13.2 Å². The summed E-state index contributed by atoms with van der Waals surface area (Å²) in [5.41, 5.74) is -0.320. The van der Waals surface area contributed by atoms with E-state index in [0.717, 1.165) is 6.07 Å². The van der Waals surface area contributed by atoms with E-state index in [-0.39, 0.29) is 29.7 Å². The lowest BCUT2D eigenvalue weighted by atomic mass is 10.0. The minimum atomic E-state index is -4.94. The van der Waals surface area contributed by atoms with Crippen molar-refractivity contribution in [2.24, 2.45) is 0 Å². The quantitative estimate of drug-likeness (QED) is 0.798. The highest BCUT2D eigenvalue weighted by molar-refractivity contribution is 5.92. The first-order valence-corrected chi connectivity index (χ1v) is 5.82. The summed E-state index contributed by atoms with van der Waals surface area (Å²) in [6.07, 6.45) is -4.85. The number of carbonyl (C=O) groups excluding carboxylic acids is 1. The van der Waals surface area contributed by atoms with Gasteiger partial charge in [0.2, 0.25) is 0 Å². The highest BCUT2D eigenvalue weighted by atomic mass is 19.4. The molecule has 4 nitrogen and oxygen atoms in total. The van der Waals surface area contributed by atoms with E-state index in [4.69, 9.17) is 10.00 Å². The van der Waals surface area contributed by atoms with Crippen molar-refractivity contribution in [1.29, 1.82) is 5.26 Å². The molecule has 0 bridgehead atoms. The molecule has 7 heteroatoms. The molecule has 0 saturated heterocycles. The zero-order valence-corrected chi connectivity index (χ0v) is 10.9. The second-order valence-corrected chi connectivity index (χ2v) is 3.70. The predicted molar refractivity (Wildman–Crippen MR) is 63.2 cm³/mol. The third-order valence-corrected chi connectivity index (χ3v) is 2.45. The topological polar surface area (TPSA) is 59.3 Å². The van der Waals surface area contributed by atoms with E-state index in [9.17, 15) is 18.0 Å². The van der Waals surface area contributed by atoms with Gasteiger partial charge in [-0.2, -0.15) is 5.26 Å². The molecule has 0 heterocycles. The Kier molecular flexibility index (Phi) is 4.97. The summed E-state index contributed by atoms with van der Waals surface area (Å²) in [7, 11) is 0. The van der Waals surface area contributed by atoms with Gasteiger partial charge in [-0.25, -0.2) is 4.79 Å². The standard InChI is InChI=1S/C13H12F3NO3/c1-3-9-10(12(18)19-4-2)6-5-8(7-17)11(9)20-13(14,15)16/h5-6H,3-4H2,1-2H3. The largest absolute Gasteiger partial charge is 0.573 e. The van der Waals surface area contributed by atoms with E-state index in [1.165, 1.54) is 6.07 Å². The van der Waals surface area contributed by atoms with Gasteiger partial charge in [0.15, 0.2) is 5.75 Å². The highest BCUT2D eigenvalue weighted by Crippen LogP contribution is 2.33. The Hall–Kier alpha value is -2.23. The van der Waals surface area contributed by atoms with Crippen LogP contribution in [-0.2, 0) is 11.2 Å². The van der Waals surface area contributed by atoms with Crippen LogP contribution in [0.5, 0.6) is 5.75 Å². The van der Waals surface area contributed by atoms with Crippen molar-refractivity contribution in [3.05, 3.63) is 28.8 Å². The molecule has 0 aromatic heterocycles. The Bertz CT molecular complexity index is 547. The van der Waals surface area contributed by atoms with E-state index in [1.807, 2.05) is 0 Å². The summed E-state index contributed by atoms with van der Waals surface area (Å²) >= 11 is 0. The monoisotopic (exact) mass is 287 g/mol. The Morgan fingerprint density at radius 1 is 1.35 bits per heavy atom. The van der Waals surface area contributed by atoms with Crippen molar-refractivity contribution in [2.75, 3.05) is 6.61 Å². The number of benzene rings is 1. The fourth-order valence-corrected chi connectivity index (χ4v) is 1.70. The summed E-state index contributed by atoms with van der Waals surface area (Å²) < 4.78 is 45.9. The van der Waals surface area contributed by atoms with Crippen LogP contribution in [0, 0.1) is 11.3 Å². The van der Waals surface area contributed by atoms with Crippen LogP contribution in [-0.4, -0.2) is 18.9 Å². The third-order valence-electron chi connectivity index (χ3n) is 2.45. The summed E-state index contributed by atoms with van der Waals surface area (Å²) in [6, 6.07) is 3.98. The Morgan fingerprint density at radius 3 is 2.45 bits per heavy atom. The fraction of sp³-hybridized carbons (Fsp3) is 0.385. The molecule has 0 spiro atoms. The Labute approximate surface area is 113 Å². The first kappa shape index (κ1) is 15.8. The molecule has 0 fully saturated rings. The molecule has 0 aliphatic rings. The van der Waals surface area contributed by atoms with Crippen LogP contribution in [0.15, 0.2) is 12.1 Å². The number of halogens is 3. The second-order valence-electron chi connectivity index (χ2n) is 3.70. The number of alkyl halides is 3. The van der Waals surface area contributed by atoms with Crippen molar-refractivity contribution in [1.82, 2.24) is 0 Å². The number of hydrogen-bond acceptors (Lipinski definition) is 4. The predicted octanol–water partition coefficient (Wildman–Crippen LogP) is 3.20. The number of rotatable bonds is 4. The van der Waals surface area contributed by atoms with Gasteiger partial charge in [0.25, 0.3) is 0 Å². The van der Waals surface area contributed by atoms with E-state index in [2.05, 4.69) is 4.74 Å². The number of nitrogens with zero attached hydrogens (tertiary/aromatic N) is 1.